The molecule has 2 rings (SSSR count). The van der Waals surface area contributed by atoms with E-state index in [4.69, 9.17) is 0 Å². The van der Waals surface area contributed by atoms with Gasteiger partial charge in [-0.05, 0) is 23.7 Å². The summed E-state index contributed by atoms with van der Waals surface area (Å²) < 4.78 is 17.8. The molecule has 0 radical (unpaired) electrons. The Hall–Kier alpha value is -1.29. The summed E-state index contributed by atoms with van der Waals surface area (Å²) in [5.74, 6) is -0.476. The van der Waals surface area contributed by atoms with Crippen molar-refractivity contribution in [2.45, 2.75) is 0 Å². The maximum absolute atomic E-state index is 13.2. The molecule has 0 saturated heterocycles. The monoisotopic (exact) mass is 181 g/mol. The van der Waals surface area contributed by atoms with Crippen molar-refractivity contribution < 1.29 is 9.18 Å². The predicted octanol–water partition coefficient (Wildman–Crippen LogP) is 2.25. The third kappa shape index (κ3) is 0.921. The molecular formula is C8H4FNOS. The first-order valence-electron chi connectivity index (χ1n) is 3.31. The third-order valence-corrected chi connectivity index (χ3v) is 2.39. The Balaban J connectivity index is 2.86. The average Bonchev–Trinajstić information content (AvgIpc) is 2.53. The van der Waals surface area contributed by atoms with E-state index in [9.17, 15) is 9.18 Å². The van der Waals surface area contributed by atoms with Gasteiger partial charge < -0.3 is 0 Å². The molecule has 0 spiro atoms. The van der Waals surface area contributed by atoms with Gasteiger partial charge in [-0.15, -0.1) is 0 Å². The number of rotatable bonds is 1. The normalized spacial score (nSPS) is 10.4. The van der Waals surface area contributed by atoms with E-state index in [0.29, 0.717) is 11.7 Å². The minimum absolute atomic E-state index is 0.0858. The van der Waals surface area contributed by atoms with Crippen LogP contribution in [0, 0.1) is 5.82 Å². The molecule has 0 fully saturated rings. The average molecular weight is 181 g/mol. The van der Waals surface area contributed by atoms with Gasteiger partial charge >= 0.3 is 0 Å². The lowest BCUT2D eigenvalue weighted by molar-refractivity contribution is 0.112. The maximum Gasteiger partial charge on any atom is 0.153 e. The molecule has 60 valence electrons. The van der Waals surface area contributed by atoms with E-state index < -0.39 is 5.82 Å². The van der Waals surface area contributed by atoms with Crippen molar-refractivity contribution >= 4 is 27.9 Å². The highest BCUT2D eigenvalue weighted by atomic mass is 32.1. The largest absolute Gasteiger partial charge is 0.298 e. The van der Waals surface area contributed by atoms with Crippen LogP contribution in [0.1, 0.15) is 10.4 Å². The van der Waals surface area contributed by atoms with Gasteiger partial charge in [0.15, 0.2) is 6.29 Å². The molecule has 4 heteroatoms. The maximum atomic E-state index is 13.2. The van der Waals surface area contributed by atoms with Crippen LogP contribution in [-0.4, -0.2) is 10.7 Å². The quantitative estimate of drug-likeness (QED) is 0.631. The highest BCUT2D eigenvalue weighted by Crippen LogP contribution is 2.22. The Morgan fingerprint density at radius 3 is 3.08 bits per heavy atom. The molecule has 0 bridgehead atoms. The van der Waals surface area contributed by atoms with E-state index in [1.54, 1.807) is 6.07 Å². The van der Waals surface area contributed by atoms with Gasteiger partial charge in [0.05, 0.1) is 16.5 Å². The molecular weight excluding hydrogens is 177 g/mol. The van der Waals surface area contributed by atoms with Crippen molar-refractivity contribution in [3.8, 4) is 0 Å². The van der Waals surface area contributed by atoms with Crippen molar-refractivity contribution in [1.29, 1.82) is 0 Å². The SMILES string of the molecule is O=Cc1ccc2sncc2c1F. The van der Waals surface area contributed by atoms with Crippen molar-refractivity contribution in [3.63, 3.8) is 0 Å². The standard InChI is InChI=1S/C8H4FNOS/c9-8-5(4-11)1-2-7-6(8)3-10-12-7/h1-4H. The molecule has 1 heterocycles. The second-order valence-corrected chi connectivity index (χ2v) is 3.16. The second kappa shape index (κ2) is 2.64. The van der Waals surface area contributed by atoms with E-state index in [1.165, 1.54) is 23.8 Å². The summed E-state index contributed by atoms with van der Waals surface area (Å²) >= 11 is 1.21. The number of carbonyl (C=O) groups is 1. The lowest BCUT2D eigenvalue weighted by Crippen LogP contribution is -1.86. The molecule has 1 aromatic heterocycles. The number of nitrogens with zero attached hydrogens (tertiary/aromatic N) is 1. The van der Waals surface area contributed by atoms with Crippen molar-refractivity contribution in [3.05, 3.63) is 29.7 Å². The molecule has 0 unspecified atom stereocenters. The van der Waals surface area contributed by atoms with Gasteiger partial charge in [-0.3, -0.25) is 4.79 Å². The van der Waals surface area contributed by atoms with Gasteiger partial charge in [-0.25, -0.2) is 4.39 Å². The topological polar surface area (TPSA) is 30.0 Å². The molecule has 2 aromatic rings. The van der Waals surface area contributed by atoms with Crippen LogP contribution in [-0.2, 0) is 0 Å². The number of halogens is 1. The zero-order chi connectivity index (χ0) is 8.55. The minimum atomic E-state index is -0.476. The summed E-state index contributed by atoms with van der Waals surface area (Å²) in [5.41, 5.74) is 0.0858. The van der Waals surface area contributed by atoms with Crippen LogP contribution in [0.4, 0.5) is 4.39 Å². The molecule has 12 heavy (non-hydrogen) atoms. The van der Waals surface area contributed by atoms with E-state index in [1.807, 2.05) is 0 Å². The zero-order valence-corrected chi connectivity index (χ0v) is 6.77. The van der Waals surface area contributed by atoms with Gasteiger partial charge in [0, 0.05) is 5.39 Å². The fourth-order valence-corrected chi connectivity index (χ4v) is 1.66. The van der Waals surface area contributed by atoms with E-state index >= 15 is 0 Å². The van der Waals surface area contributed by atoms with Crippen LogP contribution >= 0.6 is 11.5 Å². The Kier molecular flexibility index (Phi) is 1.62. The molecule has 0 N–H and O–H groups in total. The summed E-state index contributed by atoms with van der Waals surface area (Å²) in [7, 11) is 0. The first-order chi connectivity index (χ1) is 5.83. The molecule has 0 amide bonds. The number of fused-ring (bicyclic) bond motifs is 1. The summed E-state index contributed by atoms with van der Waals surface area (Å²) in [6.45, 7) is 0. The highest BCUT2D eigenvalue weighted by Gasteiger charge is 2.07. The number of hydrogen-bond donors (Lipinski definition) is 0. The number of carbonyl (C=O) groups excluding carboxylic acids is 1. The van der Waals surface area contributed by atoms with Crippen molar-refractivity contribution in [2.24, 2.45) is 0 Å². The fourth-order valence-electron chi connectivity index (χ4n) is 1.02. The predicted molar refractivity (Wildman–Crippen MR) is 45.0 cm³/mol. The summed E-state index contributed by atoms with van der Waals surface area (Å²) in [6, 6.07) is 3.16. The van der Waals surface area contributed by atoms with Crippen LogP contribution < -0.4 is 0 Å². The van der Waals surface area contributed by atoms with Crippen molar-refractivity contribution in [2.75, 3.05) is 0 Å². The molecule has 0 aliphatic heterocycles. The lowest BCUT2D eigenvalue weighted by atomic mass is 10.2. The van der Waals surface area contributed by atoms with Gasteiger partial charge in [0.25, 0.3) is 0 Å². The summed E-state index contributed by atoms with van der Waals surface area (Å²) in [5, 5.41) is 0.421. The number of hydrogen-bond acceptors (Lipinski definition) is 3. The third-order valence-electron chi connectivity index (χ3n) is 1.63. The van der Waals surface area contributed by atoms with E-state index in [2.05, 4.69) is 4.37 Å². The Labute approximate surface area is 71.8 Å². The van der Waals surface area contributed by atoms with Crippen LogP contribution in [0.3, 0.4) is 0 Å². The molecule has 1 aromatic carbocycles. The fraction of sp³-hybridized carbons (Fsp3) is 0. The zero-order valence-electron chi connectivity index (χ0n) is 5.95. The number of aldehydes is 1. The molecule has 0 atom stereocenters. The Morgan fingerprint density at radius 2 is 2.33 bits per heavy atom. The smallest absolute Gasteiger partial charge is 0.153 e. The van der Waals surface area contributed by atoms with E-state index in [0.717, 1.165) is 4.70 Å². The van der Waals surface area contributed by atoms with Gasteiger partial charge in [0.1, 0.15) is 5.82 Å². The Bertz CT molecular complexity index is 438. The van der Waals surface area contributed by atoms with Gasteiger partial charge in [-0.2, -0.15) is 4.37 Å². The first-order valence-corrected chi connectivity index (χ1v) is 4.08. The van der Waals surface area contributed by atoms with Crippen molar-refractivity contribution in [1.82, 2.24) is 4.37 Å². The number of benzene rings is 1. The number of aromatic nitrogens is 1. The summed E-state index contributed by atoms with van der Waals surface area (Å²) in [4.78, 5) is 10.3. The van der Waals surface area contributed by atoms with Crippen LogP contribution in [0.2, 0.25) is 0 Å². The second-order valence-electron chi connectivity index (χ2n) is 2.32. The lowest BCUT2D eigenvalue weighted by Gasteiger charge is -1.93. The van der Waals surface area contributed by atoms with Crippen LogP contribution in [0.25, 0.3) is 10.1 Å². The Morgan fingerprint density at radius 1 is 1.50 bits per heavy atom. The summed E-state index contributed by atoms with van der Waals surface area (Å²) in [6.07, 6.45) is 1.94. The molecule has 2 nitrogen and oxygen atoms in total. The first kappa shape index (κ1) is 7.36. The van der Waals surface area contributed by atoms with Gasteiger partial charge in [0.2, 0.25) is 0 Å². The van der Waals surface area contributed by atoms with E-state index in [-0.39, 0.29) is 5.56 Å². The molecule has 0 saturated carbocycles. The minimum Gasteiger partial charge on any atom is -0.298 e. The highest BCUT2D eigenvalue weighted by molar-refractivity contribution is 7.13. The molecule has 0 aliphatic rings. The molecule has 0 aliphatic carbocycles. The van der Waals surface area contributed by atoms with Crippen LogP contribution in [0.5, 0.6) is 0 Å². The van der Waals surface area contributed by atoms with Crippen LogP contribution in [0.15, 0.2) is 18.3 Å². The van der Waals surface area contributed by atoms with Gasteiger partial charge in [-0.1, -0.05) is 0 Å².